The van der Waals surface area contributed by atoms with Gasteiger partial charge in [-0.25, -0.2) is 0 Å². The monoisotopic (exact) mass is 267 g/mol. The van der Waals surface area contributed by atoms with Crippen LogP contribution in [0.3, 0.4) is 0 Å². The lowest BCUT2D eigenvalue weighted by atomic mass is 10.2. The molecule has 1 saturated heterocycles. The molecule has 0 spiro atoms. The van der Waals surface area contributed by atoms with E-state index in [0.29, 0.717) is 5.04 Å². The number of nitrogens with zero attached hydrogens (tertiary/aromatic N) is 3. The molecule has 1 fully saturated rings. The Kier molecular flexibility index (Phi) is 3.77. The molecule has 18 heavy (non-hydrogen) atoms. The molecule has 0 N–H and O–H groups in total. The average Bonchev–Trinajstić information content (AvgIpc) is 2.27. The molecule has 2 heterocycles. The Morgan fingerprint density at radius 3 is 2.44 bits per heavy atom. The standard InChI is InChI=1S/C14H29N3Si/c1-14(2,3)18(4,5)12-17-11-7-10-16-9-6-8-15-13(16)17/h6-12H2,1-5H3. The van der Waals surface area contributed by atoms with Crippen LogP contribution in [0.4, 0.5) is 0 Å². The van der Waals surface area contributed by atoms with Gasteiger partial charge in [-0.3, -0.25) is 4.99 Å². The second kappa shape index (κ2) is 4.87. The lowest BCUT2D eigenvalue weighted by Gasteiger charge is -2.46. The van der Waals surface area contributed by atoms with Gasteiger partial charge < -0.3 is 9.80 Å². The molecule has 0 aromatic heterocycles. The zero-order valence-electron chi connectivity index (χ0n) is 12.8. The van der Waals surface area contributed by atoms with Crippen LogP contribution in [0.15, 0.2) is 4.99 Å². The van der Waals surface area contributed by atoms with E-state index in [9.17, 15) is 0 Å². The number of rotatable bonds is 2. The fraction of sp³-hybridized carbons (Fsp3) is 0.929. The maximum Gasteiger partial charge on any atom is 0.196 e. The van der Waals surface area contributed by atoms with Crippen LogP contribution in [-0.2, 0) is 0 Å². The van der Waals surface area contributed by atoms with Crippen molar-refractivity contribution >= 4 is 14.0 Å². The maximum atomic E-state index is 4.79. The van der Waals surface area contributed by atoms with E-state index < -0.39 is 8.07 Å². The molecular weight excluding hydrogens is 238 g/mol. The molecule has 2 aliphatic rings. The van der Waals surface area contributed by atoms with Crippen molar-refractivity contribution in [1.82, 2.24) is 9.80 Å². The summed E-state index contributed by atoms with van der Waals surface area (Å²) < 4.78 is 0. The minimum atomic E-state index is -1.25. The van der Waals surface area contributed by atoms with Gasteiger partial charge in [-0.1, -0.05) is 33.9 Å². The van der Waals surface area contributed by atoms with Crippen LogP contribution < -0.4 is 0 Å². The highest BCUT2D eigenvalue weighted by Gasteiger charge is 2.39. The third-order valence-corrected chi connectivity index (χ3v) is 10.1. The van der Waals surface area contributed by atoms with E-state index in [2.05, 4.69) is 43.7 Å². The van der Waals surface area contributed by atoms with Gasteiger partial charge in [0.15, 0.2) is 5.96 Å². The van der Waals surface area contributed by atoms with Crippen LogP contribution >= 0.6 is 0 Å². The molecule has 0 amide bonds. The van der Waals surface area contributed by atoms with Crippen molar-refractivity contribution in [3.8, 4) is 0 Å². The van der Waals surface area contributed by atoms with Gasteiger partial charge in [-0.05, 0) is 17.9 Å². The summed E-state index contributed by atoms with van der Waals surface area (Å²) in [7, 11) is -1.25. The van der Waals surface area contributed by atoms with E-state index in [1.165, 1.54) is 44.6 Å². The number of hydrogen-bond donors (Lipinski definition) is 0. The number of fused-ring (bicyclic) bond motifs is 1. The first-order valence-corrected chi connectivity index (χ1v) is 10.6. The Hall–Kier alpha value is -0.513. The molecule has 0 atom stereocenters. The minimum Gasteiger partial charge on any atom is -0.346 e. The Morgan fingerprint density at radius 2 is 1.78 bits per heavy atom. The molecule has 2 rings (SSSR count). The van der Waals surface area contributed by atoms with Gasteiger partial charge in [0.2, 0.25) is 0 Å². The van der Waals surface area contributed by atoms with Crippen LogP contribution in [0.25, 0.3) is 0 Å². The van der Waals surface area contributed by atoms with Gasteiger partial charge in [0.1, 0.15) is 0 Å². The third-order valence-electron chi connectivity index (χ3n) is 4.88. The SMILES string of the molecule is CC(C)(C)[Si](C)(C)CN1CCCN2CCCN=C21. The predicted octanol–water partition coefficient (Wildman–Crippen LogP) is 2.80. The molecule has 0 aromatic rings. The van der Waals surface area contributed by atoms with E-state index in [1.807, 2.05) is 0 Å². The molecular formula is C14H29N3Si. The number of aliphatic imine (C=N–C) groups is 1. The fourth-order valence-corrected chi connectivity index (χ4v) is 4.30. The summed E-state index contributed by atoms with van der Waals surface area (Å²) in [6.45, 7) is 16.9. The van der Waals surface area contributed by atoms with Crippen LogP contribution in [0.1, 0.15) is 33.6 Å². The zero-order chi connectivity index (χ0) is 13.4. The molecule has 0 radical (unpaired) electrons. The second-order valence-electron chi connectivity index (χ2n) is 7.43. The largest absolute Gasteiger partial charge is 0.346 e. The van der Waals surface area contributed by atoms with Gasteiger partial charge in [0.05, 0.1) is 8.07 Å². The summed E-state index contributed by atoms with van der Waals surface area (Å²) in [6, 6.07) is 0. The molecule has 3 nitrogen and oxygen atoms in total. The minimum absolute atomic E-state index is 0.463. The van der Waals surface area contributed by atoms with E-state index in [-0.39, 0.29) is 0 Å². The molecule has 0 saturated carbocycles. The first-order chi connectivity index (χ1) is 8.31. The molecule has 104 valence electrons. The highest BCUT2D eigenvalue weighted by molar-refractivity contribution is 6.80. The van der Waals surface area contributed by atoms with Gasteiger partial charge in [0, 0.05) is 32.3 Å². The van der Waals surface area contributed by atoms with Gasteiger partial charge in [-0.2, -0.15) is 0 Å². The molecule has 0 aromatic carbocycles. The highest BCUT2D eigenvalue weighted by atomic mass is 28.3. The van der Waals surface area contributed by atoms with Crippen LogP contribution in [0.5, 0.6) is 0 Å². The van der Waals surface area contributed by atoms with Crippen molar-refractivity contribution in [2.75, 3.05) is 32.3 Å². The van der Waals surface area contributed by atoms with E-state index in [0.717, 1.165) is 6.54 Å². The van der Waals surface area contributed by atoms with Crippen molar-refractivity contribution in [1.29, 1.82) is 0 Å². The first-order valence-electron chi connectivity index (χ1n) is 7.36. The molecule has 4 heteroatoms. The summed E-state index contributed by atoms with van der Waals surface area (Å²) in [6.07, 6.45) is 3.79. The molecule has 0 unspecified atom stereocenters. The van der Waals surface area contributed by atoms with Gasteiger partial charge in [-0.15, -0.1) is 0 Å². The molecule has 0 aliphatic carbocycles. The average molecular weight is 267 g/mol. The Morgan fingerprint density at radius 1 is 1.11 bits per heavy atom. The quantitative estimate of drug-likeness (QED) is 0.717. The maximum absolute atomic E-state index is 4.79. The van der Waals surface area contributed by atoms with Crippen LogP contribution in [0, 0.1) is 0 Å². The topological polar surface area (TPSA) is 18.8 Å². The van der Waals surface area contributed by atoms with Crippen molar-refractivity contribution in [2.24, 2.45) is 4.99 Å². The van der Waals surface area contributed by atoms with Crippen LogP contribution in [0.2, 0.25) is 18.1 Å². The Bertz CT molecular complexity index is 330. The van der Waals surface area contributed by atoms with Crippen molar-refractivity contribution in [2.45, 2.75) is 51.7 Å². The summed E-state index contributed by atoms with van der Waals surface area (Å²) in [5.41, 5.74) is 0. The Labute approximate surface area is 113 Å². The second-order valence-corrected chi connectivity index (χ2v) is 13.0. The summed E-state index contributed by atoms with van der Waals surface area (Å²) in [5.74, 6) is 1.30. The Balaban J connectivity index is 2.11. The number of guanidine groups is 1. The highest BCUT2D eigenvalue weighted by Crippen LogP contribution is 2.36. The zero-order valence-corrected chi connectivity index (χ0v) is 13.8. The summed E-state index contributed by atoms with van der Waals surface area (Å²) in [5, 5.41) is 0.463. The van der Waals surface area contributed by atoms with Crippen molar-refractivity contribution in [3.63, 3.8) is 0 Å². The van der Waals surface area contributed by atoms with Gasteiger partial charge >= 0.3 is 0 Å². The smallest absolute Gasteiger partial charge is 0.196 e. The molecule has 0 bridgehead atoms. The van der Waals surface area contributed by atoms with Crippen molar-refractivity contribution < 1.29 is 0 Å². The number of hydrogen-bond acceptors (Lipinski definition) is 3. The van der Waals surface area contributed by atoms with E-state index >= 15 is 0 Å². The normalized spacial score (nSPS) is 21.7. The van der Waals surface area contributed by atoms with Crippen molar-refractivity contribution in [3.05, 3.63) is 0 Å². The third kappa shape index (κ3) is 2.73. The lowest BCUT2D eigenvalue weighted by Crippen LogP contribution is -2.58. The lowest BCUT2D eigenvalue weighted by molar-refractivity contribution is 0.259. The molecule has 2 aliphatic heterocycles. The first kappa shape index (κ1) is 13.9. The van der Waals surface area contributed by atoms with E-state index in [1.54, 1.807) is 0 Å². The van der Waals surface area contributed by atoms with Crippen LogP contribution in [-0.4, -0.2) is 56.2 Å². The fourth-order valence-electron chi connectivity index (χ4n) is 2.57. The van der Waals surface area contributed by atoms with E-state index in [4.69, 9.17) is 4.99 Å². The predicted molar refractivity (Wildman–Crippen MR) is 81.9 cm³/mol. The summed E-state index contributed by atoms with van der Waals surface area (Å²) in [4.78, 5) is 9.87. The van der Waals surface area contributed by atoms with Gasteiger partial charge in [0.25, 0.3) is 0 Å². The summed E-state index contributed by atoms with van der Waals surface area (Å²) >= 11 is 0.